The van der Waals surface area contributed by atoms with Gasteiger partial charge in [0.15, 0.2) is 0 Å². The van der Waals surface area contributed by atoms with Crippen LogP contribution in [0.25, 0.3) is 0 Å². The highest BCUT2D eigenvalue weighted by Gasteiger charge is 2.34. The molecule has 1 atom stereocenters. The summed E-state index contributed by atoms with van der Waals surface area (Å²) in [6.07, 6.45) is -3.65. The highest BCUT2D eigenvalue weighted by molar-refractivity contribution is 5.95. The van der Waals surface area contributed by atoms with Crippen LogP contribution >= 0.6 is 0 Å². The predicted octanol–water partition coefficient (Wildman–Crippen LogP) is 2.51. The molecule has 2 rings (SSSR count). The molecule has 0 saturated carbocycles. The maximum Gasteiger partial charge on any atom is 0.418 e. The molecule has 0 radical (unpaired) electrons. The third-order valence-electron chi connectivity index (χ3n) is 3.43. The first-order valence-electron chi connectivity index (χ1n) is 6.66. The number of carbonyl (C=O) groups is 1. The predicted molar refractivity (Wildman–Crippen MR) is 72.2 cm³/mol. The van der Waals surface area contributed by atoms with Gasteiger partial charge in [-0.2, -0.15) is 13.2 Å². The fourth-order valence-electron chi connectivity index (χ4n) is 2.22. The van der Waals surface area contributed by atoms with E-state index < -0.39 is 17.6 Å². The number of hydrogen-bond donors (Lipinski definition) is 2. The number of carbonyl (C=O) groups excluding carboxylic acids is 1. The highest BCUT2D eigenvalue weighted by Crippen LogP contribution is 2.35. The zero-order chi connectivity index (χ0) is 15.5. The zero-order valence-electron chi connectivity index (χ0n) is 11.6. The molecule has 4 nitrogen and oxygen atoms in total. The topological polar surface area (TPSA) is 50.4 Å². The Bertz CT molecular complexity index is 511. The van der Waals surface area contributed by atoms with Crippen LogP contribution in [0.2, 0.25) is 0 Å². The maximum absolute atomic E-state index is 12.9. The van der Waals surface area contributed by atoms with Gasteiger partial charge in [0.1, 0.15) is 0 Å². The molecular formula is C14H17F3N2O2. The van der Waals surface area contributed by atoms with Crippen molar-refractivity contribution in [3.63, 3.8) is 0 Å². The van der Waals surface area contributed by atoms with Crippen LogP contribution in [0.3, 0.4) is 0 Å². The molecule has 1 amide bonds. The van der Waals surface area contributed by atoms with Crippen molar-refractivity contribution in [2.45, 2.75) is 12.6 Å². The minimum atomic E-state index is -4.51. The highest BCUT2D eigenvalue weighted by atomic mass is 19.4. The number of ether oxygens (including phenoxy) is 1. The molecule has 0 aliphatic carbocycles. The molecule has 1 heterocycles. The smallest absolute Gasteiger partial charge is 0.388 e. The average Bonchev–Trinajstić information content (AvgIpc) is 2.96. The minimum absolute atomic E-state index is 0.000223. The van der Waals surface area contributed by atoms with E-state index in [0.29, 0.717) is 19.8 Å². The third kappa shape index (κ3) is 3.87. The largest absolute Gasteiger partial charge is 0.418 e. The van der Waals surface area contributed by atoms with Gasteiger partial charge in [-0.15, -0.1) is 0 Å². The summed E-state index contributed by atoms with van der Waals surface area (Å²) >= 11 is 0. The fourth-order valence-corrected chi connectivity index (χ4v) is 2.22. The molecule has 7 heteroatoms. The van der Waals surface area contributed by atoms with Crippen LogP contribution in [0, 0.1) is 5.92 Å². The summed E-state index contributed by atoms with van der Waals surface area (Å²) in [7, 11) is 1.41. The Labute approximate surface area is 120 Å². The van der Waals surface area contributed by atoms with Crippen molar-refractivity contribution in [1.82, 2.24) is 5.32 Å². The van der Waals surface area contributed by atoms with Crippen LogP contribution in [0.4, 0.5) is 18.9 Å². The van der Waals surface area contributed by atoms with Gasteiger partial charge in [0, 0.05) is 37.4 Å². The van der Waals surface area contributed by atoms with Crippen molar-refractivity contribution in [2.75, 3.05) is 32.1 Å². The van der Waals surface area contributed by atoms with Gasteiger partial charge < -0.3 is 15.4 Å². The normalized spacial score (nSPS) is 18.6. The van der Waals surface area contributed by atoms with E-state index in [0.717, 1.165) is 12.5 Å². The number of alkyl halides is 3. The third-order valence-corrected chi connectivity index (χ3v) is 3.43. The zero-order valence-corrected chi connectivity index (χ0v) is 11.6. The summed E-state index contributed by atoms with van der Waals surface area (Å²) in [5.74, 6) is -0.275. The average molecular weight is 302 g/mol. The first-order valence-corrected chi connectivity index (χ1v) is 6.66. The van der Waals surface area contributed by atoms with Gasteiger partial charge in [-0.3, -0.25) is 4.79 Å². The van der Waals surface area contributed by atoms with Crippen molar-refractivity contribution in [3.8, 4) is 0 Å². The van der Waals surface area contributed by atoms with Gasteiger partial charge in [-0.1, -0.05) is 0 Å². The van der Waals surface area contributed by atoms with E-state index >= 15 is 0 Å². The van der Waals surface area contributed by atoms with Crippen molar-refractivity contribution >= 4 is 11.6 Å². The molecule has 1 aliphatic rings. The summed E-state index contributed by atoms with van der Waals surface area (Å²) in [6.45, 7) is 1.65. The number of amides is 1. The first kappa shape index (κ1) is 15.6. The SMILES string of the molecule is CNc1ccc(C(=O)NCC2CCOC2)cc1C(F)(F)F. The van der Waals surface area contributed by atoms with Crippen LogP contribution < -0.4 is 10.6 Å². The van der Waals surface area contributed by atoms with E-state index in [9.17, 15) is 18.0 Å². The molecule has 116 valence electrons. The molecular weight excluding hydrogens is 285 g/mol. The van der Waals surface area contributed by atoms with Crippen molar-refractivity contribution in [3.05, 3.63) is 29.3 Å². The van der Waals surface area contributed by atoms with Crippen LogP contribution in [-0.4, -0.2) is 32.7 Å². The van der Waals surface area contributed by atoms with E-state index in [1.54, 1.807) is 0 Å². The summed E-state index contributed by atoms with van der Waals surface area (Å²) in [6, 6.07) is 3.50. The van der Waals surface area contributed by atoms with Crippen molar-refractivity contribution in [1.29, 1.82) is 0 Å². The molecule has 1 fully saturated rings. The molecule has 21 heavy (non-hydrogen) atoms. The number of nitrogens with one attached hydrogen (secondary N) is 2. The Hall–Kier alpha value is -1.76. The second kappa shape index (κ2) is 6.34. The molecule has 1 unspecified atom stereocenters. The van der Waals surface area contributed by atoms with Crippen LogP contribution in [0.15, 0.2) is 18.2 Å². The molecule has 1 aromatic carbocycles. The molecule has 2 N–H and O–H groups in total. The van der Waals surface area contributed by atoms with Gasteiger partial charge >= 0.3 is 6.18 Å². The van der Waals surface area contributed by atoms with Crippen LogP contribution in [0.1, 0.15) is 22.3 Å². The van der Waals surface area contributed by atoms with Gasteiger partial charge in [0.2, 0.25) is 0 Å². The minimum Gasteiger partial charge on any atom is -0.388 e. The summed E-state index contributed by atoms with van der Waals surface area (Å²) < 4.78 is 43.9. The summed E-state index contributed by atoms with van der Waals surface area (Å²) in [5, 5.41) is 5.13. The van der Waals surface area contributed by atoms with E-state index in [1.807, 2.05) is 0 Å². The van der Waals surface area contributed by atoms with Crippen LogP contribution in [0.5, 0.6) is 0 Å². The standard InChI is InChI=1S/C14H17F3N2O2/c1-18-12-3-2-10(6-11(12)14(15,16)17)13(20)19-7-9-4-5-21-8-9/h2-3,6,9,18H,4-5,7-8H2,1H3,(H,19,20). The fraction of sp³-hybridized carbons (Fsp3) is 0.500. The van der Waals surface area contributed by atoms with E-state index in [4.69, 9.17) is 4.74 Å². The lowest BCUT2D eigenvalue weighted by Crippen LogP contribution is -2.29. The van der Waals surface area contributed by atoms with E-state index in [1.165, 1.54) is 19.2 Å². The Morgan fingerprint density at radius 1 is 1.43 bits per heavy atom. The number of hydrogen-bond acceptors (Lipinski definition) is 3. The lowest BCUT2D eigenvalue weighted by atomic mass is 10.1. The molecule has 0 bridgehead atoms. The molecule has 1 aromatic rings. The molecule has 1 aliphatic heterocycles. The second-order valence-corrected chi connectivity index (χ2v) is 4.95. The van der Waals surface area contributed by atoms with Gasteiger partial charge in [0.05, 0.1) is 12.2 Å². The summed E-state index contributed by atoms with van der Waals surface area (Å²) in [5.41, 5.74) is -0.898. The Balaban J connectivity index is 2.10. The number of rotatable bonds is 4. The van der Waals surface area contributed by atoms with Crippen LogP contribution in [-0.2, 0) is 10.9 Å². The Morgan fingerprint density at radius 3 is 2.76 bits per heavy atom. The van der Waals surface area contributed by atoms with Crippen molar-refractivity contribution in [2.24, 2.45) is 5.92 Å². The Morgan fingerprint density at radius 2 is 2.19 bits per heavy atom. The lowest BCUT2D eigenvalue weighted by molar-refractivity contribution is -0.136. The number of benzene rings is 1. The van der Waals surface area contributed by atoms with E-state index in [2.05, 4.69) is 10.6 Å². The van der Waals surface area contributed by atoms with Gasteiger partial charge in [-0.05, 0) is 24.6 Å². The molecule has 1 saturated heterocycles. The first-order chi connectivity index (χ1) is 9.91. The van der Waals surface area contributed by atoms with E-state index in [-0.39, 0.29) is 17.2 Å². The lowest BCUT2D eigenvalue weighted by Gasteiger charge is -2.15. The maximum atomic E-state index is 12.9. The number of halogens is 3. The molecule has 0 aromatic heterocycles. The quantitative estimate of drug-likeness (QED) is 0.898. The van der Waals surface area contributed by atoms with Gasteiger partial charge in [-0.25, -0.2) is 0 Å². The van der Waals surface area contributed by atoms with Crippen molar-refractivity contribution < 1.29 is 22.7 Å². The molecule has 0 spiro atoms. The van der Waals surface area contributed by atoms with Gasteiger partial charge in [0.25, 0.3) is 5.91 Å². The second-order valence-electron chi connectivity index (χ2n) is 4.95. The summed E-state index contributed by atoms with van der Waals surface area (Å²) in [4.78, 5) is 11.9. The Kier molecular flexibility index (Phi) is 4.72. The number of anilines is 1. The monoisotopic (exact) mass is 302 g/mol.